The van der Waals surface area contributed by atoms with Gasteiger partial charge in [0.1, 0.15) is 0 Å². The molecular weight excluding hydrogens is 374 g/mol. The van der Waals surface area contributed by atoms with Gasteiger partial charge < -0.3 is 10.5 Å². The van der Waals surface area contributed by atoms with Crippen molar-refractivity contribution in [1.82, 2.24) is 0 Å². The van der Waals surface area contributed by atoms with Crippen molar-refractivity contribution in [2.75, 3.05) is 12.3 Å². The maximum Gasteiger partial charge on any atom is 0.338 e. The maximum absolute atomic E-state index is 11.7. The minimum Gasteiger partial charge on any atom is -0.462 e. The molecule has 2 aromatic carbocycles. The standard InChI is InChI=1S/C19H17NO2S.C3H8S/c1-2-22-19(21)16-9-5-14(6-10-16)13-3-7-15(8-4-13)18-17(20)11-12-23-18;1-3(2)4/h3-12H,2,20H2,1H3;3-4H,1-2H3. The third-order valence-corrected chi connectivity index (χ3v) is 4.55. The van der Waals surface area contributed by atoms with E-state index in [2.05, 4.69) is 36.9 Å². The van der Waals surface area contributed by atoms with E-state index in [0.717, 1.165) is 27.3 Å². The van der Waals surface area contributed by atoms with Crippen molar-refractivity contribution in [3.05, 3.63) is 65.5 Å². The van der Waals surface area contributed by atoms with Crippen LogP contribution in [0.4, 0.5) is 5.69 Å². The summed E-state index contributed by atoms with van der Waals surface area (Å²) in [7, 11) is 0. The molecule has 3 nitrogen and oxygen atoms in total. The molecular formula is C22H25NO2S2. The number of benzene rings is 2. The molecule has 27 heavy (non-hydrogen) atoms. The quantitative estimate of drug-likeness (QED) is 0.408. The van der Waals surface area contributed by atoms with E-state index in [1.165, 1.54) is 0 Å². The molecule has 142 valence electrons. The van der Waals surface area contributed by atoms with E-state index in [0.29, 0.717) is 17.4 Å². The zero-order valence-corrected chi connectivity index (χ0v) is 17.5. The van der Waals surface area contributed by atoms with Crippen molar-refractivity contribution in [3.8, 4) is 21.6 Å². The molecule has 0 spiro atoms. The monoisotopic (exact) mass is 399 g/mol. The summed E-state index contributed by atoms with van der Waals surface area (Å²) in [5.74, 6) is -0.289. The fourth-order valence-electron chi connectivity index (χ4n) is 2.38. The van der Waals surface area contributed by atoms with E-state index < -0.39 is 0 Å². The van der Waals surface area contributed by atoms with Crippen LogP contribution in [0.25, 0.3) is 21.6 Å². The van der Waals surface area contributed by atoms with Crippen LogP contribution >= 0.6 is 24.0 Å². The topological polar surface area (TPSA) is 52.3 Å². The minimum absolute atomic E-state index is 0.289. The third-order valence-electron chi connectivity index (χ3n) is 3.57. The van der Waals surface area contributed by atoms with Crippen molar-refractivity contribution >= 4 is 35.6 Å². The van der Waals surface area contributed by atoms with E-state index in [9.17, 15) is 4.79 Å². The van der Waals surface area contributed by atoms with Crippen molar-refractivity contribution in [1.29, 1.82) is 0 Å². The maximum atomic E-state index is 11.7. The highest BCUT2D eigenvalue weighted by Crippen LogP contribution is 2.32. The molecule has 0 aliphatic heterocycles. The number of hydrogen-bond donors (Lipinski definition) is 2. The molecule has 0 fully saturated rings. The van der Waals surface area contributed by atoms with Crippen molar-refractivity contribution < 1.29 is 9.53 Å². The Morgan fingerprint density at radius 3 is 1.93 bits per heavy atom. The molecule has 1 aromatic heterocycles. The Labute approximate surface area is 170 Å². The number of nitrogens with two attached hydrogens (primary N) is 1. The SMILES string of the molecule is CC(C)S.CCOC(=O)c1ccc(-c2ccc(-c3sccc3N)cc2)cc1. The van der Waals surface area contributed by atoms with E-state index in [1.807, 2.05) is 37.4 Å². The average Bonchev–Trinajstić information content (AvgIpc) is 3.08. The van der Waals surface area contributed by atoms with Gasteiger partial charge in [-0.25, -0.2) is 4.79 Å². The lowest BCUT2D eigenvalue weighted by atomic mass is 10.0. The zero-order chi connectivity index (χ0) is 19.8. The lowest BCUT2D eigenvalue weighted by molar-refractivity contribution is 0.0526. The highest BCUT2D eigenvalue weighted by atomic mass is 32.1. The second-order valence-electron chi connectivity index (χ2n) is 6.17. The first kappa shape index (κ1) is 21.1. The van der Waals surface area contributed by atoms with Crippen LogP contribution in [0.15, 0.2) is 60.0 Å². The number of thiophene rings is 1. The van der Waals surface area contributed by atoms with E-state index >= 15 is 0 Å². The Balaban J connectivity index is 0.000000596. The zero-order valence-electron chi connectivity index (χ0n) is 15.8. The minimum atomic E-state index is -0.289. The van der Waals surface area contributed by atoms with Crippen LogP contribution in [0.5, 0.6) is 0 Å². The molecule has 3 aromatic rings. The molecule has 0 bridgehead atoms. The Kier molecular flexibility index (Phi) is 7.95. The Bertz CT molecular complexity index is 850. The smallest absolute Gasteiger partial charge is 0.338 e. The van der Waals surface area contributed by atoms with Crippen molar-refractivity contribution in [2.45, 2.75) is 26.0 Å². The van der Waals surface area contributed by atoms with Gasteiger partial charge in [0, 0.05) is 0 Å². The first-order valence-electron chi connectivity index (χ1n) is 8.81. The summed E-state index contributed by atoms with van der Waals surface area (Å²) >= 11 is 5.60. The van der Waals surface area contributed by atoms with Crippen LogP contribution < -0.4 is 5.73 Å². The molecule has 0 saturated heterocycles. The Morgan fingerprint density at radius 2 is 1.48 bits per heavy atom. The summed E-state index contributed by atoms with van der Waals surface area (Å²) in [5.41, 5.74) is 10.6. The summed E-state index contributed by atoms with van der Waals surface area (Å²) in [4.78, 5) is 12.8. The van der Waals surface area contributed by atoms with Crippen LogP contribution in [0.3, 0.4) is 0 Å². The molecule has 0 radical (unpaired) electrons. The van der Waals surface area contributed by atoms with E-state index in [4.69, 9.17) is 10.5 Å². The number of ether oxygens (including phenoxy) is 1. The molecule has 0 saturated carbocycles. The number of rotatable bonds is 4. The van der Waals surface area contributed by atoms with Gasteiger partial charge in [-0.1, -0.05) is 50.2 Å². The van der Waals surface area contributed by atoms with Gasteiger partial charge in [0.25, 0.3) is 0 Å². The molecule has 0 aliphatic rings. The fourth-order valence-corrected chi connectivity index (χ4v) is 3.21. The summed E-state index contributed by atoms with van der Waals surface area (Å²) in [6.07, 6.45) is 0. The second-order valence-corrected chi connectivity index (χ2v) is 8.12. The number of carbonyl (C=O) groups is 1. The predicted octanol–water partition coefficient (Wildman–Crippen LogP) is 6.17. The Hall–Kier alpha value is -2.24. The summed E-state index contributed by atoms with van der Waals surface area (Å²) in [6, 6.07) is 17.6. The number of carbonyl (C=O) groups excluding carboxylic acids is 1. The van der Waals surface area contributed by atoms with Crippen molar-refractivity contribution in [2.24, 2.45) is 0 Å². The average molecular weight is 400 g/mol. The first-order chi connectivity index (χ1) is 12.9. The van der Waals surface area contributed by atoms with Gasteiger partial charge in [-0.2, -0.15) is 12.6 Å². The Morgan fingerprint density at radius 1 is 1.00 bits per heavy atom. The van der Waals surface area contributed by atoms with Gasteiger partial charge in [0.2, 0.25) is 0 Å². The van der Waals surface area contributed by atoms with Crippen molar-refractivity contribution in [3.63, 3.8) is 0 Å². The summed E-state index contributed by atoms with van der Waals surface area (Å²) < 4.78 is 4.99. The number of thiol groups is 1. The normalized spacial score (nSPS) is 10.3. The summed E-state index contributed by atoms with van der Waals surface area (Å²) in [6.45, 7) is 6.24. The molecule has 5 heteroatoms. The second kappa shape index (κ2) is 10.2. The van der Waals surface area contributed by atoms with E-state index in [1.54, 1.807) is 30.4 Å². The molecule has 3 rings (SSSR count). The van der Waals surface area contributed by atoms with Crippen LogP contribution in [0.1, 0.15) is 31.1 Å². The van der Waals surface area contributed by atoms with Crippen LogP contribution in [0.2, 0.25) is 0 Å². The molecule has 1 heterocycles. The molecule has 0 atom stereocenters. The third kappa shape index (κ3) is 6.15. The highest BCUT2D eigenvalue weighted by Gasteiger charge is 2.07. The van der Waals surface area contributed by atoms with Gasteiger partial charge in [-0.15, -0.1) is 11.3 Å². The van der Waals surface area contributed by atoms with Gasteiger partial charge in [0.05, 0.1) is 22.7 Å². The van der Waals surface area contributed by atoms with Gasteiger partial charge >= 0.3 is 5.97 Å². The van der Waals surface area contributed by atoms with Gasteiger partial charge in [-0.05, 0) is 52.4 Å². The molecule has 2 N–H and O–H groups in total. The summed E-state index contributed by atoms with van der Waals surface area (Å²) in [5, 5.41) is 2.52. The van der Waals surface area contributed by atoms with Gasteiger partial charge in [-0.3, -0.25) is 0 Å². The van der Waals surface area contributed by atoms with E-state index in [-0.39, 0.29) is 5.97 Å². The molecule has 0 amide bonds. The van der Waals surface area contributed by atoms with Crippen LogP contribution in [-0.4, -0.2) is 17.8 Å². The lowest BCUT2D eigenvalue weighted by Crippen LogP contribution is -2.03. The number of anilines is 1. The van der Waals surface area contributed by atoms with Crippen LogP contribution in [0, 0.1) is 0 Å². The predicted molar refractivity (Wildman–Crippen MR) is 120 cm³/mol. The number of esters is 1. The first-order valence-corrected chi connectivity index (χ1v) is 10.2. The van der Waals surface area contributed by atoms with Crippen LogP contribution in [-0.2, 0) is 4.74 Å². The highest BCUT2D eigenvalue weighted by molar-refractivity contribution is 7.80. The number of hydrogen-bond acceptors (Lipinski definition) is 5. The molecule has 0 unspecified atom stereocenters. The fraction of sp³-hybridized carbons (Fsp3) is 0.227. The largest absolute Gasteiger partial charge is 0.462 e. The molecule has 0 aliphatic carbocycles. The van der Waals surface area contributed by atoms with Gasteiger partial charge in [0.15, 0.2) is 0 Å². The number of nitrogen functional groups attached to an aromatic ring is 1. The lowest BCUT2D eigenvalue weighted by Gasteiger charge is -2.06.